The fourth-order valence-corrected chi connectivity index (χ4v) is 3.95. The molecule has 0 unspecified atom stereocenters. The third-order valence-electron chi connectivity index (χ3n) is 4.58. The number of rotatable bonds is 7. The summed E-state index contributed by atoms with van der Waals surface area (Å²) in [6, 6.07) is 18.9. The quantitative estimate of drug-likeness (QED) is 0.308. The Labute approximate surface area is 181 Å². The van der Waals surface area contributed by atoms with Gasteiger partial charge in [0.25, 0.3) is 16.8 Å². The number of nitro benzene ring substituents is 1. The Kier molecular flexibility index (Phi) is 5.85. The molecule has 0 spiro atoms. The molecular formula is C22H17N3O5S. The van der Waals surface area contributed by atoms with E-state index in [9.17, 15) is 19.7 Å². The average Bonchev–Trinajstić information content (AvgIpc) is 3.34. The van der Waals surface area contributed by atoms with Gasteiger partial charge in [0.05, 0.1) is 22.1 Å². The molecule has 9 heteroatoms. The van der Waals surface area contributed by atoms with E-state index in [-0.39, 0.29) is 29.0 Å². The molecule has 0 aliphatic carbocycles. The van der Waals surface area contributed by atoms with Crippen molar-refractivity contribution in [3.05, 3.63) is 93.6 Å². The molecule has 1 fully saturated rings. The van der Waals surface area contributed by atoms with E-state index in [4.69, 9.17) is 4.74 Å². The van der Waals surface area contributed by atoms with Gasteiger partial charge in [-0.15, -0.1) is 0 Å². The molecule has 2 heterocycles. The van der Waals surface area contributed by atoms with Crippen LogP contribution < -0.4 is 4.74 Å². The second kappa shape index (κ2) is 8.88. The molecule has 0 N–H and O–H groups in total. The molecular weight excluding hydrogens is 418 g/mol. The zero-order valence-electron chi connectivity index (χ0n) is 16.2. The van der Waals surface area contributed by atoms with Crippen molar-refractivity contribution in [2.45, 2.75) is 0 Å². The van der Waals surface area contributed by atoms with Crippen LogP contribution in [0.1, 0.15) is 5.69 Å². The number of thioether (sulfide) groups is 1. The van der Waals surface area contributed by atoms with Gasteiger partial charge in [-0.2, -0.15) is 0 Å². The highest BCUT2D eigenvalue weighted by Gasteiger charge is 2.35. The molecule has 0 bridgehead atoms. The number of hydrogen-bond donors (Lipinski definition) is 0. The minimum Gasteiger partial charge on any atom is -0.492 e. The molecule has 3 aromatic rings. The minimum absolute atomic E-state index is 0.0316. The number of para-hydroxylation sites is 1. The third kappa shape index (κ3) is 4.51. The van der Waals surface area contributed by atoms with Crippen molar-refractivity contribution in [3.63, 3.8) is 0 Å². The van der Waals surface area contributed by atoms with Crippen LogP contribution in [-0.2, 0) is 4.79 Å². The molecule has 4 rings (SSSR count). The van der Waals surface area contributed by atoms with Gasteiger partial charge in [0.2, 0.25) is 0 Å². The molecule has 156 valence electrons. The second-order valence-electron chi connectivity index (χ2n) is 6.57. The number of aromatic nitrogens is 1. The van der Waals surface area contributed by atoms with E-state index in [1.807, 2.05) is 18.2 Å². The molecule has 2 amide bonds. The summed E-state index contributed by atoms with van der Waals surface area (Å²) >= 11 is 0.860. The number of benzene rings is 2. The number of nitro groups is 1. The lowest BCUT2D eigenvalue weighted by molar-refractivity contribution is -0.384. The lowest BCUT2D eigenvalue weighted by atomic mass is 10.2. The first-order valence-corrected chi connectivity index (χ1v) is 10.2. The number of carbonyl (C=O) groups excluding carboxylic acids is 2. The van der Waals surface area contributed by atoms with Gasteiger partial charge in [-0.1, -0.05) is 24.3 Å². The molecule has 0 atom stereocenters. The van der Waals surface area contributed by atoms with Crippen molar-refractivity contribution in [3.8, 4) is 11.4 Å². The largest absolute Gasteiger partial charge is 0.492 e. The molecule has 2 aromatic carbocycles. The van der Waals surface area contributed by atoms with Crippen molar-refractivity contribution >= 4 is 34.7 Å². The van der Waals surface area contributed by atoms with Crippen LogP contribution in [0.25, 0.3) is 11.8 Å². The van der Waals surface area contributed by atoms with Crippen LogP contribution >= 0.6 is 11.8 Å². The lowest BCUT2D eigenvalue weighted by Crippen LogP contribution is -2.32. The zero-order valence-corrected chi connectivity index (χ0v) is 17.0. The van der Waals surface area contributed by atoms with Gasteiger partial charge in [0.15, 0.2) is 0 Å². The normalized spacial score (nSPS) is 15.0. The number of carbonyl (C=O) groups is 2. The molecule has 1 aromatic heterocycles. The summed E-state index contributed by atoms with van der Waals surface area (Å²) in [4.78, 5) is 37.1. The summed E-state index contributed by atoms with van der Waals surface area (Å²) in [7, 11) is 0. The molecule has 31 heavy (non-hydrogen) atoms. The highest BCUT2D eigenvalue weighted by molar-refractivity contribution is 8.18. The van der Waals surface area contributed by atoms with Gasteiger partial charge in [0.1, 0.15) is 12.4 Å². The van der Waals surface area contributed by atoms with E-state index in [0.717, 1.165) is 16.7 Å². The highest BCUT2D eigenvalue weighted by atomic mass is 32.2. The van der Waals surface area contributed by atoms with Crippen molar-refractivity contribution in [2.75, 3.05) is 13.2 Å². The van der Waals surface area contributed by atoms with Crippen LogP contribution in [-0.4, -0.2) is 38.7 Å². The van der Waals surface area contributed by atoms with Gasteiger partial charge < -0.3 is 9.30 Å². The summed E-state index contributed by atoms with van der Waals surface area (Å²) in [5.74, 6) is 0.276. The topological polar surface area (TPSA) is 94.7 Å². The van der Waals surface area contributed by atoms with Crippen molar-refractivity contribution < 1.29 is 19.2 Å². The average molecular weight is 435 g/mol. The van der Waals surface area contributed by atoms with Crippen molar-refractivity contribution in [2.24, 2.45) is 0 Å². The molecule has 1 aliphatic heterocycles. The van der Waals surface area contributed by atoms with E-state index >= 15 is 0 Å². The monoisotopic (exact) mass is 435 g/mol. The third-order valence-corrected chi connectivity index (χ3v) is 5.49. The first-order valence-electron chi connectivity index (χ1n) is 9.38. The Morgan fingerprint density at radius 3 is 2.61 bits per heavy atom. The number of non-ortho nitro benzene ring substituents is 1. The Morgan fingerprint density at radius 2 is 1.84 bits per heavy atom. The minimum atomic E-state index is -0.463. The van der Waals surface area contributed by atoms with E-state index in [1.54, 1.807) is 53.2 Å². The van der Waals surface area contributed by atoms with Crippen molar-refractivity contribution in [1.82, 2.24) is 9.47 Å². The Morgan fingerprint density at radius 1 is 1.03 bits per heavy atom. The van der Waals surface area contributed by atoms with Gasteiger partial charge in [-0.25, -0.2) is 0 Å². The second-order valence-corrected chi connectivity index (χ2v) is 7.57. The first-order chi connectivity index (χ1) is 15.0. The predicted octanol–water partition coefficient (Wildman–Crippen LogP) is 4.50. The maximum Gasteiger partial charge on any atom is 0.293 e. The Balaban J connectivity index is 1.49. The van der Waals surface area contributed by atoms with E-state index < -0.39 is 10.8 Å². The molecule has 1 saturated heterocycles. The van der Waals surface area contributed by atoms with Crippen LogP contribution in [0.2, 0.25) is 0 Å². The summed E-state index contributed by atoms with van der Waals surface area (Å²) in [5.41, 5.74) is 1.18. The first kappa shape index (κ1) is 20.4. The molecule has 0 radical (unpaired) electrons. The number of hydrogen-bond acceptors (Lipinski definition) is 6. The summed E-state index contributed by atoms with van der Waals surface area (Å²) in [5, 5.41) is 10.7. The fourth-order valence-electron chi connectivity index (χ4n) is 3.10. The van der Waals surface area contributed by atoms with Gasteiger partial charge in [-0.3, -0.25) is 24.6 Å². The maximum absolute atomic E-state index is 12.7. The van der Waals surface area contributed by atoms with Crippen LogP contribution in [0.15, 0.2) is 77.8 Å². The van der Waals surface area contributed by atoms with E-state index in [1.165, 1.54) is 12.1 Å². The Hall–Kier alpha value is -3.85. The van der Waals surface area contributed by atoms with Crippen LogP contribution in [0.3, 0.4) is 0 Å². The van der Waals surface area contributed by atoms with Gasteiger partial charge >= 0.3 is 0 Å². The van der Waals surface area contributed by atoms with Gasteiger partial charge in [0, 0.05) is 24.0 Å². The van der Waals surface area contributed by atoms with E-state index in [2.05, 4.69) is 0 Å². The fraction of sp³-hybridized carbons (Fsp3) is 0.0909. The smallest absolute Gasteiger partial charge is 0.293 e. The SMILES string of the molecule is O=C1S/C(=C\c2cccn2-c2cccc([N+](=O)[O-])c2)C(=O)N1CCOc1ccccc1. The molecule has 0 saturated carbocycles. The van der Waals surface area contributed by atoms with Crippen LogP contribution in [0.4, 0.5) is 10.5 Å². The van der Waals surface area contributed by atoms with Crippen LogP contribution in [0, 0.1) is 10.1 Å². The van der Waals surface area contributed by atoms with Gasteiger partial charge in [-0.05, 0) is 48.2 Å². The molecule has 8 nitrogen and oxygen atoms in total. The zero-order chi connectivity index (χ0) is 21.8. The standard InChI is InChI=1S/C22H17N3O5S/c26-21-20(31-22(27)24(21)12-13-30-19-9-2-1-3-10-19)15-17-8-5-11-23(17)16-6-4-7-18(14-16)25(28)29/h1-11,14-15H,12-13H2/b20-15-. The highest BCUT2D eigenvalue weighted by Crippen LogP contribution is 2.32. The summed E-state index contributed by atoms with van der Waals surface area (Å²) in [6.45, 7) is 0.336. The number of amides is 2. The number of imide groups is 1. The Bertz CT molecular complexity index is 1170. The maximum atomic E-state index is 12.7. The predicted molar refractivity (Wildman–Crippen MR) is 117 cm³/mol. The van der Waals surface area contributed by atoms with Crippen molar-refractivity contribution in [1.29, 1.82) is 0 Å². The molecule has 1 aliphatic rings. The summed E-state index contributed by atoms with van der Waals surface area (Å²) in [6.07, 6.45) is 3.35. The lowest BCUT2D eigenvalue weighted by Gasteiger charge is -2.13. The summed E-state index contributed by atoms with van der Waals surface area (Å²) < 4.78 is 7.30. The number of ether oxygens (including phenoxy) is 1. The number of nitrogens with zero attached hydrogens (tertiary/aromatic N) is 3. The van der Waals surface area contributed by atoms with Crippen LogP contribution in [0.5, 0.6) is 5.75 Å². The van der Waals surface area contributed by atoms with E-state index in [0.29, 0.717) is 17.1 Å².